The maximum atomic E-state index is 13.5. The van der Waals surface area contributed by atoms with Gasteiger partial charge < -0.3 is 0 Å². The van der Waals surface area contributed by atoms with Crippen molar-refractivity contribution in [1.29, 1.82) is 0 Å². The lowest BCUT2D eigenvalue weighted by molar-refractivity contribution is -0.137. The number of hydrogen-bond donors (Lipinski definition) is 1. The summed E-state index contributed by atoms with van der Waals surface area (Å²) in [5.74, 6) is 0. The quantitative estimate of drug-likeness (QED) is 0.377. The van der Waals surface area contributed by atoms with E-state index in [-0.39, 0.29) is 12.5 Å². The van der Waals surface area contributed by atoms with Gasteiger partial charge in [-0.25, -0.2) is 22.2 Å². The number of benzene rings is 2. The third kappa shape index (κ3) is 6.72. The number of likely N-dealkylation sites (tertiary alicyclic amines) is 1. The van der Waals surface area contributed by atoms with Gasteiger partial charge in [0.15, 0.2) is 0 Å². The number of halogens is 4. The lowest BCUT2D eigenvalue weighted by atomic mass is 9.86. The van der Waals surface area contributed by atoms with E-state index in [1.54, 1.807) is 6.92 Å². The zero-order valence-corrected chi connectivity index (χ0v) is 23.1. The highest BCUT2D eigenvalue weighted by atomic mass is 32.2. The molecule has 2 atom stereocenters. The summed E-state index contributed by atoms with van der Waals surface area (Å²) in [7, 11) is -4.16. The van der Waals surface area contributed by atoms with Crippen molar-refractivity contribution in [3.8, 4) is 0 Å². The van der Waals surface area contributed by atoms with Crippen LogP contribution in [0.3, 0.4) is 0 Å². The standard InChI is InChI=1S/C28H33F4N5O2S/c1-19(34-40(38,39)25-6-3-5-22(16-25)28(30,31)32)14-24-18-37(35-33-24)27-7-2-4-21-15-20(8-9-26(21)27)17-36-12-10-23(29)11-13-36/h3,5-6,8-9,15-16,18-19,23,27,34H,2,4,7,10-14,17H2,1H3/t19-,27?/m0/s1. The first-order chi connectivity index (χ1) is 19.0. The van der Waals surface area contributed by atoms with Gasteiger partial charge in [-0.3, -0.25) is 4.90 Å². The molecule has 1 aliphatic carbocycles. The number of fused-ring (bicyclic) bond motifs is 1. The molecule has 1 saturated heterocycles. The van der Waals surface area contributed by atoms with Crippen LogP contribution in [0.4, 0.5) is 17.6 Å². The van der Waals surface area contributed by atoms with Gasteiger partial charge in [-0.1, -0.05) is 29.5 Å². The molecule has 1 aromatic heterocycles. The minimum absolute atomic E-state index is 0.0124. The summed E-state index contributed by atoms with van der Waals surface area (Å²) in [6.45, 7) is 4.00. The Morgan fingerprint density at radius 2 is 1.88 bits per heavy atom. The molecular formula is C28H33F4N5O2S. The van der Waals surface area contributed by atoms with E-state index >= 15 is 0 Å². The predicted molar refractivity (Wildman–Crippen MR) is 142 cm³/mol. The van der Waals surface area contributed by atoms with Crippen molar-refractivity contribution < 1.29 is 26.0 Å². The molecule has 2 aromatic carbocycles. The summed E-state index contributed by atoms with van der Waals surface area (Å²) in [5.41, 5.74) is 3.24. The van der Waals surface area contributed by atoms with E-state index in [4.69, 9.17) is 0 Å². The van der Waals surface area contributed by atoms with Crippen LogP contribution < -0.4 is 4.72 Å². The van der Waals surface area contributed by atoms with Gasteiger partial charge in [0.05, 0.1) is 22.2 Å². The number of sulfonamides is 1. The zero-order chi connectivity index (χ0) is 28.5. The largest absolute Gasteiger partial charge is 0.416 e. The van der Waals surface area contributed by atoms with Crippen molar-refractivity contribution in [2.75, 3.05) is 13.1 Å². The van der Waals surface area contributed by atoms with E-state index in [9.17, 15) is 26.0 Å². The third-order valence-electron chi connectivity index (χ3n) is 7.63. The molecule has 0 bridgehead atoms. The summed E-state index contributed by atoms with van der Waals surface area (Å²) in [4.78, 5) is 1.85. The molecular weight excluding hydrogens is 546 g/mol. The molecule has 1 aliphatic heterocycles. The van der Waals surface area contributed by atoms with Gasteiger partial charge >= 0.3 is 6.18 Å². The highest BCUT2D eigenvalue weighted by molar-refractivity contribution is 7.89. The summed E-state index contributed by atoms with van der Waals surface area (Å²) in [6.07, 6.45) is 0.764. The van der Waals surface area contributed by atoms with E-state index in [0.29, 0.717) is 24.6 Å². The molecule has 0 spiro atoms. The molecule has 2 heterocycles. The first-order valence-electron chi connectivity index (χ1n) is 13.6. The van der Waals surface area contributed by atoms with Crippen molar-refractivity contribution in [2.45, 2.75) is 81.3 Å². The molecule has 12 heteroatoms. The normalized spacial score (nSPS) is 19.9. The van der Waals surface area contributed by atoms with Crippen LogP contribution in [0.2, 0.25) is 0 Å². The summed E-state index contributed by atoms with van der Waals surface area (Å²) in [5, 5.41) is 8.58. The number of piperidine rings is 1. The van der Waals surface area contributed by atoms with Crippen molar-refractivity contribution >= 4 is 10.0 Å². The molecule has 2 aliphatic rings. The molecule has 216 valence electrons. The van der Waals surface area contributed by atoms with Gasteiger partial charge in [0, 0.05) is 38.3 Å². The van der Waals surface area contributed by atoms with Crippen LogP contribution in [0.5, 0.6) is 0 Å². The lowest BCUT2D eigenvalue weighted by Crippen LogP contribution is -2.34. The van der Waals surface area contributed by atoms with Crippen LogP contribution >= 0.6 is 0 Å². The highest BCUT2D eigenvalue weighted by Gasteiger charge is 2.32. The number of aryl methyl sites for hydroxylation is 1. The van der Waals surface area contributed by atoms with Gasteiger partial charge in [0.2, 0.25) is 10.0 Å². The van der Waals surface area contributed by atoms with Crippen molar-refractivity contribution in [1.82, 2.24) is 24.6 Å². The lowest BCUT2D eigenvalue weighted by Gasteiger charge is -2.30. The summed E-state index contributed by atoms with van der Waals surface area (Å²) >= 11 is 0. The summed E-state index contributed by atoms with van der Waals surface area (Å²) in [6, 6.07) is 9.58. The van der Waals surface area contributed by atoms with Crippen molar-refractivity contribution in [3.05, 3.63) is 76.6 Å². The molecule has 3 aromatic rings. The van der Waals surface area contributed by atoms with E-state index in [2.05, 4.69) is 38.1 Å². The van der Waals surface area contributed by atoms with Crippen LogP contribution in [0.25, 0.3) is 0 Å². The first kappa shape index (κ1) is 28.7. The second-order valence-electron chi connectivity index (χ2n) is 10.8. The molecule has 7 nitrogen and oxygen atoms in total. The molecule has 1 fully saturated rings. The van der Waals surface area contributed by atoms with Crippen LogP contribution in [-0.2, 0) is 35.6 Å². The second-order valence-corrected chi connectivity index (χ2v) is 12.5. The maximum absolute atomic E-state index is 13.5. The number of hydrogen-bond acceptors (Lipinski definition) is 5. The Balaban J connectivity index is 1.23. The topological polar surface area (TPSA) is 80.1 Å². The number of nitrogens with one attached hydrogen (secondary N) is 1. The van der Waals surface area contributed by atoms with Gasteiger partial charge in [0.1, 0.15) is 6.17 Å². The molecule has 5 rings (SSSR count). The Morgan fingerprint density at radius 1 is 1.10 bits per heavy atom. The SMILES string of the molecule is C[C@@H](Cc1cn(C2CCCc3cc(CN4CCC(F)CC4)ccc32)nn1)NS(=O)(=O)c1cccc(C(F)(F)F)c1. The van der Waals surface area contributed by atoms with Crippen LogP contribution in [-0.4, -0.2) is 53.6 Å². The molecule has 1 N–H and O–H groups in total. The van der Waals surface area contributed by atoms with Gasteiger partial charge in [-0.2, -0.15) is 13.2 Å². The minimum atomic E-state index is -4.64. The van der Waals surface area contributed by atoms with E-state index in [0.717, 1.165) is 57.1 Å². The fraction of sp³-hybridized carbons (Fsp3) is 0.500. The predicted octanol–water partition coefficient (Wildman–Crippen LogP) is 5.07. The fourth-order valence-electron chi connectivity index (χ4n) is 5.62. The van der Waals surface area contributed by atoms with Crippen LogP contribution in [0, 0.1) is 0 Å². The summed E-state index contributed by atoms with van der Waals surface area (Å²) < 4.78 is 82.3. The zero-order valence-electron chi connectivity index (χ0n) is 22.2. The van der Waals surface area contributed by atoms with Crippen molar-refractivity contribution in [3.63, 3.8) is 0 Å². The number of rotatable bonds is 8. The van der Waals surface area contributed by atoms with Crippen LogP contribution in [0.1, 0.15) is 66.6 Å². The number of aromatic nitrogens is 3. The van der Waals surface area contributed by atoms with E-state index in [1.165, 1.54) is 16.7 Å². The Bertz CT molecular complexity index is 1430. The number of alkyl halides is 4. The molecule has 1 unspecified atom stereocenters. The third-order valence-corrected chi connectivity index (χ3v) is 9.22. The first-order valence-corrected chi connectivity index (χ1v) is 15.0. The fourth-order valence-corrected chi connectivity index (χ4v) is 6.91. The number of nitrogens with zero attached hydrogens (tertiary/aromatic N) is 4. The van der Waals surface area contributed by atoms with E-state index < -0.39 is 38.9 Å². The minimum Gasteiger partial charge on any atom is -0.299 e. The highest BCUT2D eigenvalue weighted by Crippen LogP contribution is 2.34. The molecule has 0 amide bonds. The monoisotopic (exact) mass is 579 g/mol. The molecule has 0 saturated carbocycles. The van der Waals surface area contributed by atoms with Crippen LogP contribution in [0.15, 0.2) is 53.6 Å². The Morgan fingerprint density at radius 3 is 2.62 bits per heavy atom. The molecule has 40 heavy (non-hydrogen) atoms. The Labute approximate surface area is 231 Å². The Kier molecular flexibility index (Phi) is 8.30. The average molecular weight is 580 g/mol. The smallest absolute Gasteiger partial charge is 0.299 e. The van der Waals surface area contributed by atoms with E-state index in [1.807, 2.05) is 10.9 Å². The van der Waals surface area contributed by atoms with Gasteiger partial charge in [-0.05, 0) is 73.9 Å². The Hall–Kier alpha value is -2.83. The molecule has 0 radical (unpaired) electrons. The van der Waals surface area contributed by atoms with Gasteiger partial charge in [-0.15, -0.1) is 5.10 Å². The van der Waals surface area contributed by atoms with Gasteiger partial charge in [0.25, 0.3) is 0 Å². The second kappa shape index (κ2) is 11.6. The van der Waals surface area contributed by atoms with Crippen molar-refractivity contribution in [2.24, 2.45) is 0 Å². The average Bonchev–Trinajstić information content (AvgIpc) is 3.37. The maximum Gasteiger partial charge on any atom is 0.416 e.